The third-order valence-electron chi connectivity index (χ3n) is 5.70. The zero-order valence-corrected chi connectivity index (χ0v) is 16.6. The van der Waals surface area contributed by atoms with Crippen molar-refractivity contribution in [2.24, 2.45) is 5.92 Å². The average molecular weight is 394 g/mol. The molecule has 8 heteroatoms. The van der Waals surface area contributed by atoms with Gasteiger partial charge in [0.2, 0.25) is 0 Å². The van der Waals surface area contributed by atoms with Crippen molar-refractivity contribution in [3.8, 4) is 17.3 Å². The SMILES string of the molecule is Cc1cc2c(c(=O)o1)C=C1CO[C@H]([C@H](C)Cn3cnc(C)c4ncnc3-4)C[C@@H]1O2. The average Bonchev–Trinajstić information content (AvgIpc) is 3.19. The topological polar surface area (TPSA) is 92.3 Å². The Balaban J connectivity index is 1.34. The van der Waals surface area contributed by atoms with Gasteiger partial charge in [-0.2, -0.15) is 0 Å². The summed E-state index contributed by atoms with van der Waals surface area (Å²) in [6.45, 7) is 7.00. The van der Waals surface area contributed by atoms with Crippen LogP contribution in [0.4, 0.5) is 0 Å². The van der Waals surface area contributed by atoms with Gasteiger partial charge in [0.05, 0.1) is 24.7 Å². The van der Waals surface area contributed by atoms with Gasteiger partial charge >= 0.3 is 5.63 Å². The molecule has 5 heterocycles. The van der Waals surface area contributed by atoms with Crippen LogP contribution in [0.2, 0.25) is 0 Å². The Hall–Kier alpha value is -3.00. The first kappa shape index (κ1) is 18.1. The highest BCUT2D eigenvalue weighted by Gasteiger charge is 2.35. The molecule has 1 aromatic rings. The molecule has 1 aromatic heterocycles. The van der Waals surface area contributed by atoms with Crippen LogP contribution in [0.1, 0.15) is 30.4 Å². The minimum absolute atomic E-state index is 0.0201. The van der Waals surface area contributed by atoms with Crippen molar-refractivity contribution in [1.29, 1.82) is 0 Å². The summed E-state index contributed by atoms with van der Waals surface area (Å²) in [6.07, 6.45) is 5.89. The van der Waals surface area contributed by atoms with Gasteiger partial charge in [-0.25, -0.2) is 19.7 Å². The van der Waals surface area contributed by atoms with E-state index in [9.17, 15) is 4.79 Å². The summed E-state index contributed by atoms with van der Waals surface area (Å²) >= 11 is 0. The van der Waals surface area contributed by atoms with E-state index in [1.165, 1.54) is 0 Å². The van der Waals surface area contributed by atoms with Gasteiger partial charge in [0, 0.05) is 24.9 Å². The fraction of sp³-hybridized carbons (Fsp3) is 0.429. The molecule has 4 aliphatic rings. The van der Waals surface area contributed by atoms with E-state index in [-0.39, 0.29) is 23.8 Å². The molecule has 0 amide bonds. The molecule has 0 unspecified atom stereocenters. The van der Waals surface area contributed by atoms with Crippen molar-refractivity contribution in [3.05, 3.63) is 51.7 Å². The van der Waals surface area contributed by atoms with E-state index < -0.39 is 0 Å². The highest BCUT2D eigenvalue weighted by molar-refractivity contribution is 5.62. The molecular weight excluding hydrogens is 372 g/mol. The first-order valence-corrected chi connectivity index (χ1v) is 9.75. The fourth-order valence-corrected chi connectivity index (χ4v) is 4.10. The standard InChI is InChI=1S/C21H22N4O4/c1-11(7-25-10-24-13(3)19-20(25)23-9-22-19)16-6-17-14(8-27-16)5-15-18(29-17)4-12(2)28-21(15)26/h4-5,9-11,16-17H,6-8H2,1-3H3/t11-,16+,17+/m1/s1. The van der Waals surface area contributed by atoms with Crippen LogP contribution in [0.25, 0.3) is 17.6 Å². The van der Waals surface area contributed by atoms with Crippen LogP contribution in [0, 0.1) is 19.8 Å². The first-order valence-electron chi connectivity index (χ1n) is 9.75. The van der Waals surface area contributed by atoms with Gasteiger partial charge in [-0.15, -0.1) is 0 Å². The molecule has 0 aromatic carbocycles. The lowest BCUT2D eigenvalue weighted by molar-refractivity contribution is -0.0320. The van der Waals surface area contributed by atoms with E-state index in [1.54, 1.807) is 19.3 Å². The fourth-order valence-electron chi connectivity index (χ4n) is 4.10. The highest BCUT2D eigenvalue weighted by atomic mass is 16.5. The largest absolute Gasteiger partial charge is 0.485 e. The monoisotopic (exact) mass is 394 g/mol. The van der Waals surface area contributed by atoms with Crippen LogP contribution in [-0.4, -0.2) is 38.3 Å². The van der Waals surface area contributed by atoms with Gasteiger partial charge in [-0.1, -0.05) is 6.92 Å². The number of hydrogen-bond donors (Lipinski definition) is 0. The molecule has 150 valence electrons. The van der Waals surface area contributed by atoms with Crippen LogP contribution >= 0.6 is 0 Å². The Morgan fingerprint density at radius 2 is 2.14 bits per heavy atom. The molecule has 4 aliphatic heterocycles. The maximum atomic E-state index is 12.1. The molecule has 29 heavy (non-hydrogen) atoms. The highest BCUT2D eigenvalue weighted by Crippen LogP contribution is 2.35. The summed E-state index contributed by atoms with van der Waals surface area (Å²) < 4.78 is 19.5. The van der Waals surface area contributed by atoms with Crippen molar-refractivity contribution >= 4 is 6.08 Å². The molecule has 8 nitrogen and oxygen atoms in total. The summed E-state index contributed by atoms with van der Waals surface area (Å²) in [5.41, 5.74) is 2.78. The van der Waals surface area contributed by atoms with E-state index in [0.717, 1.165) is 35.8 Å². The number of ether oxygens (including phenoxy) is 2. The van der Waals surface area contributed by atoms with Gasteiger partial charge in [0.25, 0.3) is 0 Å². The number of rotatable bonds is 3. The molecule has 1 fully saturated rings. The smallest absolute Gasteiger partial charge is 0.346 e. The molecule has 0 aliphatic carbocycles. The summed E-state index contributed by atoms with van der Waals surface area (Å²) in [5.74, 6) is 2.20. The molecule has 0 N–H and O–H groups in total. The zero-order chi connectivity index (χ0) is 20.1. The van der Waals surface area contributed by atoms with Crippen molar-refractivity contribution < 1.29 is 13.9 Å². The summed E-state index contributed by atoms with van der Waals surface area (Å²) in [7, 11) is 0. The molecule has 5 rings (SSSR count). The third kappa shape index (κ3) is 3.13. The summed E-state index contributed by atoms with van der Waals surface area (Å²) in [6, 6.07) is 1.77. The van der Waals surface area contributed by atoms with E-state index in [2.05, 4.69) is 21.9 Å². The second-order valence-electron chi connectivity index (χ2n) is 7.84. The molecule has 1 saturated heterocycles. The Labute approximate surface area is 167 Å². The van der Waals surface area contributed by atoms with Crippen LogP contribution in [0.5, 0.6) is 5.75 Å². The van der Waals surface area contributed by atoms with E-state index in [1.807, 2.05) is 23.9 Å². The van der Waals surface area contributed by atoms with Gasteiger partial charge in [-0.05, 0) is 25.5 Å². The molecule has 0 spiro atoms. The second-order valence-corrected chi connectivity index (χ2v) is 7.84. The molecule has 0 bridgehead atoms. The number of nitrogens with zero attached hydrogens (tertiary/aromatic N) is 4. The van der Waals surface area contributed by atoms with E-state index >= 15 is 0 Å². The van der Waals surface area contributed by atoms with Crippen LogP contribution in [0.3, 0.4) is 0 Å². The Morgan fingerprint density at radius 3 is 3.00 bits per heavy atom. The number of imidazole rings is 1. The Kier molecular flexibility index (Phi) is 4.24. The third-order valence-corrected chi connectivity index (χ3v) is 5.70. The van der Waals surface area contributed by atoms with Crippen molar-refractivity contribution in [2.75, 3.05) is 6.61 Å². The van der Waals surface area contributed by atoms with Crippen LogP contribution in [0.15, 0.2) is 33.5 Å². The van der Waals surface area contributed by atoms with Crippen molar-refractivity contribution in [3.63, 3.8) is 0 Å². The van der Waals surface area contributed by atoms with E-state index in [0.29, 0.717) is 23.7 Å². The zero-order valence-electron chi connectivity index (χ0n) is 16.6. The predicted octanol–water partition coefficient (Wildman–Crippen LogP) is 2.62. The quantitative estimate of drug-likeness (QED) is 0.674. The minimum Gasteiger partial charge on any atom is -0.485 e. The maximum Gasteiger partial charge on any atom is 0.346 e. The second kappa shape index (κ2) is 6.81. The van der Waals surface area contributed by atoms with Crippen molar-refractivity contribution in [2.45, 2.75) is 45.9 Å². The minimum atomic E-state index is -0.371. The van der Waals surface area contributed by atoms with Crippen LogP contribution < -0.4 is 10.4 Å². The summed E-state index contributed by atoms with van der Waals surface area (Å²) in [4.78, 5) is 25.2. The van der Waals surface area contributed by atoms with Crippen molar-refractivity contribution in [1.82, 2.24) is 19.5 Å². The Morgan fingerprint density at radius 1 is 1.28 bits per heavy atom. The number of aryl methyl sites for hydroxylation is 2. The lowest BCUT2D eigenvalue weighted by atomic mass is 9.90. The molecule has 0 saturated carbocycles. The van der Waals surface area contributed by atoms with Gasteiger partial charge in [0.15, 0.2) is 5.82 Å². The van der Waals surface area contributed by atoms with Gasteiger partial charge in [0.1, 0.15) is 35.2 Å². The van der Waals surface area contributed by atoms with Gasteiger partial charge in [-0.3, -0.25) is 0 Å². The summed E-state index contributed by atoms with van der Waals surface area (Å²) in [5, 5.41) is 0. The Bertz CT molecular complexity index is 1130. The van der Waals surface area contributed by atoms with E-state index in [4.69, 9.17) is 13.9 Å². The first-order chi connectivity index (χ1) is 14.0. The van der Waals surface area contributed by atoms with Gasteiger partial charge < -0.3 is 18.5 Å². The maximum absolute atomic E-state index is 12.1. The lowest BCUT2D eigenvalue weighted by Crippen LogP contribution is -2.41. The molecule has 3 atom stereocenters. The lowest BCUT2D eigenvalue weighted by Gasteiger charge is -2.37. The van der Waals surface area contributed by atoms with Crippen LogP contribution in [-0.2, 0) is 11.3 Å². The predicted molar refractivity (Wildman–Crippen MR) is 105 cm³/mol. The normalized spacial score (nSPS) is 21.8. The number of aromatic nitrogens is 4. The molecule has 0 radical (unpaired) electrons. The molecular formula is C21H22N4O4. The number of fused-ring (bicyclic) bond motifs is 3. The number of hydrogen-bond acceptors (Lipinski definition) is 7.